The highest BCUT2D eigenvalue weighted by atomic mass is 35.5. The quantitative estimate of drug-likeness (QED) is 0.697. The maximum Gasteiger partial charge on any atom is 0.313 e. The van der Waals surface area contributed by atoms with Crippen LogP contribution in [0.2, 0.25) is 5.15 Å². The number of H-pyrrole nitrogens is 1. The number of aliphatic carboxylic acids is 1. The molecule has 0 aliphatic heterocycles. The Labute approximate surface area is 116 Å². The minimum atomic E-state index is -0.977. The van der Waals surface area contributed by atoms with Gasteiger partial charge in [0.2, 0.25) is 11.9 Å². The van der Waals surface area contributed by atoms with E-state index in [2.05, 4.69) is 25.3 Å². The molecule has 0 atom stereocenters. The number of hydrogen-bond donors (Lipinski definition) is 3. The first-order chi connectivity index (χ1) is 9.06. The van der Waals surface area contributed by atoms with Gasteiger partial charge in [0.05, 0.1) is 17.8 Å². The first-order valence-electron chi connectivity index (χ1n) is 5.02. The highest BCUT2D eigenvalue weighted by molar-refractivity contribution is 8.00. The molecule has 0 saturated carbocycles. The van der Waals surface area contributed by atoms with E-state index in [-0.39, 0.29) is 22.6 Å². The molecule has 0 saturated heterocycles. The lowest BCUT2D eigenvalue weighted by molar-refractivity contribution is -0.133. The van der Waals surface area contributed by atoms with Crippen molar-refractivity contribution in [3.63, 3.8) is 0 Å². The van der Waals surface area contributed by atoms with Crippen molar-refractivity contribution in [1.29, 1.82) is 0 Å². The van der Waals surface area contributed by atoms with E-state index < -0.39 is 11.9 Å². The average Bonchev–Trinajstić information content (AvgIpc) is 2.76. The second-order valence-corrected chi connectivity index (χ2v) is 4.72. The molecule has 0 radical (unpaired) electrons. The van der Waals surface area contributed by atoms with Gasteiger partial charge in [0.25, 0.3) is 0 Å². The number of fused-ring (bicyclic) bond motifs is 1. The van der Waals surface area contributed by atoms with Crippen LogP contribution in [0.3, 0.4) is 0 Å². The first kappa shape index (κ1) is 13.6. The summed E-state index contributed by atoms with van der Waals surface area (Å²) in [5, 5.41) is 11.0. The van der Waals surface area contributed by atoms with E-state index in [0.717, 1.165) is 11.8 Å². The van der Waals surface area contributed by atoms with Gasteiger partial charge < -0.3 is 10.1 Å². The summed E-state index contributed by atoms with van der Waals surface area (Å²) in [7, 11) is 0. The van der Waals surface area contributed by atoms with Gasteiger partial charge in [-0.15, -0.1) is 11.8 Å². The van der Waals surface area contributed by atoms with Gasteiger partial charge in [-0.1, -0.05) is 11.6 Å². The van der Waals surface area contributed by atoms with Crippen LogP contribution < -0.4 is 5.32 Å². The van der Waals surface area contributed by atoms with Crippen molar-refractivity contribution in [2.45, 2.75) is 0 Å². The molecule has 0 bridgehead atoms. The Morgan fingerprint density at radius 1 is 1.42 bits per heavy atom. The van der Waals surface area contributed by atoms with Crippen molar-refractivity contribution in [2.75, 3.05) is 16.8 Å². The van der Waals surface area contributed by atoms with Crippen LogP contribution in [0.5, 0.6) is 0 Å². The fourth-order valence-corrected chi connectivity index (χ4v) is 2.00. The largest absolute Gasteiger partial charge is 0.481 e. The normalized spacial score (nSPS) is 10.6. The van der Waals surface area contributed by atoms with E-state index in [1.54, 1.807) is 0 Å². The summed E-state index contributed by atoms with van der Waals surface area (Å²) < 4.78 is 0. The number of nitrogens with zero attached hydrogens (tertiary/aromatic N) is 3. The highest BCUT2D eigenvalue weighted by Gasteiger charge is 2.11. The number of halogens is 1. The Bertz CT molecular complexity index is 631. The van der Waals surface area contributed by atoms with Gasteiger partial charge in [-0.3, -0.25) is 14.9 Å². The van der Waals surface area contributed by atoms with Crippen LogP contribution in [0.25, 0.3) is 11.2 Å². The molecule has 2 rings (SSSR count). The minimum Gasteiger partial charge on any atom is -0.481 e. The lowest BCUT2D eigenvalue weighted by Crippen LogP contribution is -2.17. The third-order valence-electron chi connectivity index (χ3n) is 1.95. The van der Waals surface area contributed by atoms with Crippen molar-refractivity contribution >= 4 is 52.4 Å². The van der Waals surface area contributed by atoms with Crippen LogP contribution >= 0.6 is 23.4 Å². The molecule has 2 aromatic rings. The molecular weight excluding hydrogens is 294 g/mol. The predicted octanol–water partition coefficient (Wildman–Crippen LogP) is 0.763. The number of rotatable bonds is 5. The van der Waals surface area contributed by atoms with Gasteiger partial charge in [-0.25, -0.2) is 4.98 Å². The number of aromatic amines is 1. The maximum atomic E-state index is 11.5. The molecule has 2 aromatic heterocycles. The number of nitrogens with one attached hydrogen (secondary N) is 2. The molecule has 0 unspecified atom stereocenters. The number of carboxylic acid groups (broad SMARTS) is 1. The number of carboxylic acids is 1. The molecule has 19 heavy (non-hydrogen) atoms. The number of hydrogen-bond acceptors (Lipinski definition) is 6. The van der Waals surface area contributed by atoms with E-state index in [1.807, 2.05) is 0 Å². The summed E-state index contributed by atoms with van der Waals surface area (Å²) in [6.45, 7) is 0. The molecule has 0 aliphatic carbocycles. The fraction of sp³-hybridized carbons (Fsp3) is 0.222. The number of thioether (sulfide) groups is 1. The van der Waals surface area contributed by atoms with Crippen molar-refractivity contribution in [1.82, 2.24) is 19.9 Å². The molecule has 8 nitrogen and oxygen atoms in total. The summed E-state index contributed by atoms with van der Waals surface area (Å²) in [6.07, 6.45) is 1.42. The summed E-state index contributed by atoms with van der Waals surface area (Å²) in [5.74, 6) is -1.50. The zero-order valence-corrected chi connectivity index (χ0v) is 11.0. The Kier molecular flexibility index (Phi) is 4.17. The average molecular weight is 302 g/mol. The Hall–Kier alpha value is -1.87. The molecule has 10 heteroatoms. The van der Waals surface area contributed by atoms with E-state index in [4.69, 9.17) is 16.7 Å². The standard InChI is InChI=1S/C9H8ClN5O3S/c10-7-6-8(12-3-11-6)15-9(14-7)13-4(16)1-19-2-5(17)18/h3H,1-2H2,(H,17,18)(H2,11,12,13,14,15,16). The first-order valence-corrected chi connectivity index (χ1v) is 6.55. The van der Waals surface area contributed by atoms with Crippen molar-refractivity contribution < 1.29 is 14.7 Å². The van der Waals surface area contributed by atoms with Crippen LogP contribution in [-0.2, 0) is 9.59 Å². The monoisotopic (exact) mass is 301 g/mol. The lowest BCUT2D eigenvalue weighted by atomic mass is 10.5. The van der Waals surface area contributed by atoms with Crippen molar-refractivity contribution in [3.05, 3.63) is 11.5 Å². The SMILES string of the molecule is O=C(O)CSCC(=O)Nc1nc(Cl)c2[nH]cnc2n1. The van der Waals surface area contributed by atoms with E-state index in [0.29, 0.717) is 11.2 Å². The van der Waals surface area contributed by atoms with Gasteiger partial charge in [-0.05, 0) is 0 Å². The molecule has 100 valence electrons. The van der Waals surface area contributed by atoms with Crippen LogP contribution in [0, 0.1) is 0 Å². The van der Waals surface area contributed by atoms with E-state index >= 15 is 0 Å². The molecule has 3 N–H and O–H groups in total. The molecule has 1 amide bonds. The number of aromatic nitrogens is 4. The molecule has 0 spiro atoms. The molecule has 2 heterocycles. The summed E-state index contributed by atoms with van der Waals surface area (Å²) >= 11 is 6.85. The van der Waals surface area contributed by atoms with Crippen LogP contribution in [0.4, 0.5) is 5.95 Å². The fourth-order valence-electron chi connectivity index (χ4n) is 1.25. The third-order valence-corrected chi connectivity index (χ3v) is 3.14. The van der Waals surface area contributed by atoms with Crippen LogP contribution in [0.1, 0.15) is 0 Å². The Morgan fingerprint density at radius 3 is 2.95 bits per heavy atom. The lowest BCUT2D eigenvalue weighted by Gasteiger charge is -2.03. The summed E-state index contributed by atoms with van der Waals surface area (Å²) in [6, 6.07) is 0. The highest BCUT2D eigenvalue weighted by Crippen LogP contribution is 2.18. The van der Waals surface area contributed by atoms with Gasteiger partial charge in [-0.2, -0.15) is 9.97 Å². The zero-order chi connectivity index (χ0) is 13.8. The second-order valence-electron chi connectivity index (χ2n) is 3.37. The predicted molar refractivity (Wildman–Crippen MR) is 70.3 cm³/mol. The van der Waals surface area contributed by atoms with E-state index in [9.17, 15) is 9.59 Å². The Balaban J connectivity index is 2.00. The number of amides is 1. The number of imidazole rings is 1. The second kappa shape index (κ2) is 5.85. The molecule has 0 aromatic carbocycles. The van der Waals surface area contributed by atoms with Crippen molar-refractivity contribution in [2.24, 2.45) is 0 Å². The topological polar surface area (TPSA) is 121 Å². The Morgan fingerprint density at radius 2 is 2.21 bits per heavy atom. The van der Waals surface area contributed by atoms with Gasteiger partial charge in [0.15, 0.2) is 10.8 Å². The van der Waals surface area contributed by atoms with E-state index in [1.165, 1.54) is 6.33 Å². The van der Waals surface area contributed by atoms with Crippen LogP contribution in [0.15, 0.2) is 6.33 Å². The minimum absolute atomic E-state index is 0.00805. The van der Waals surface area contributed by atoms with Crippen LogP contribution in [-0.4, -0.2) is 48.4 Å². The van der Waals surface area contributed by atoms with Gasteiger partial charge in [0.1, 0.15) is 5.52 Å². The summed E-state index contributed by atoms with van der Waals surface area (Å²) in [5.41, 5.74) is 0.827. The number of anilines is 1. The molecule has 0 aliphatic rings. The number of carbonyl (C=O) groups is 2. The van der Waals surface area contributed by atoms with Gasteiger partial charge in [0, 0.05) is 0 Å². The molecule has 0 fully saturated rings. The number of carbonyl (C=O) groups excluding carboxylic acids is 1. The smallest absolute Gasteiger partial charge is 0.313 e. The van der Waals surface area contributed by atoms with Crippen molar-refractivity contribution in [3.8, 4) is 0 Å². The maximum absolute atomic E-state index is 11.5. The summed E-state index contributed by atoms with van der Waals surface area (Å²) in [4.78, 5) is 36.3. The van der Waals surface area contributed by atoms with Gasteiger partial charge >= 0.3 is 5.97 Å². The zero-order valence-electron chi connectivity index (χ0n) is 9.38. The third kappa shape index (κ3) is 3.55. The molecular formula is C9H8ClN5O3S.